The summed E-state index contributed by atoms with van der Waals surface area (Å²) in [6, 6.07) is 14.5. The molecule has 0 aliphatic carbocycles. The van der Waals surface area contributed by atoms with Crippen LogP contribution in [-0.4, -0.2) is 18.2 Å². The second kappa shape index (κ2) is 10.1. The molecule has 5 heteroatoms. The Balaban J connectivity index is 0.00000261. The summed E-state index contributed by atoms with van der Waals surface area (Å²) < 4.78 is 3.65. The average Bonchev–Trinajstić information content (AvgIpc) is 3.00. The van der Waals surface area contributed by atoms with E-state index in [1.54, 1.807) is 11.3 Å². The molecule has 0 atom stereocenters. The van der Waals surface area contributed by atoms with Crippen molar-refractivity contribution in [1.82, 2.24) is 0 Å². The van der Waals surface area contributed by atoms with Gasteiger partial charge in [0.1, 0.15) is 17.0 Å². The Morgan fingerprint density at radius 2 is 1.78 bits per heavy atom. The van der Waals surface area contributed by atoms with Crippen LogP contribution in [0.3, 0.4) is 0 Å². The number of hydrogen-bond donors (Lipinski definition) is 1. The molecule has 1 aromatic heterocycles. The number of hydrogen-bond acceptors (Lipinski definition) is 3. The molecule has 2 aromatic carbocycles. The lowest BCUT2D eigenvalue weighted by Gasteiger charge is -2.21. The highest BCUT2D eigenvalue weighted by molar-refractivity contribution is 7.18. The van der Waals surface area contributed by atoms with E-state index in [0.29, 0.717) is 5.75 Å². The van der Waals surface area contributed by atoms with E-state index in [-0.39, 0.29) is 24.0 Å². The molecule has 0 aliphatic heterocycles. The Hall–Kier alpha value is -1.60. The zero-order valence-electron chi connectivity index (χ0n) is 16.2. The first-order valence-electron chi connectivity index (χ1n) is 9.35. The molecule has 0 spiro atoms. The van der Waals surface area contributed by atoms with E-state index >= 15 is 0 Å². The van der Waals surface area contributed by atoms with Crippen LogP contribution in [0.5, 0.6) is 5.75 Å². The third-order valence-electron chi connectivity index (χ3n) is 4.63. The summed E-state index contributed by atoms with van der Waals surface area (Å²) in [5.41, 5.74) is 3.19. The number of benzene rings is 2. The first kappa shape index (κ1) is 21.7. The summed E-state index contributed by atoms with van der Waals surface area (Å²) in [4.78, 5) is 2.23. The van der Waals surface area contributed by atoms with Crippen LogP contribution < -0.4 is 33.4 Å². The first-order valence-corrected chi connectivity index (χ1v) is 10.2. The van der Waals surface area contributed by atoms with Gasteiger partial charge >= 0.3 is 0 Å². The molecule has 0 radical (unpaired) electrons. The van der Waals surface area contributed by atoms with Crippen molar-refractivity contribution >= 4 is 39.4 Å². The van der Waals surface area contributed by atoms with E-state index in [1.165, 1.54) is 15.2 Å². The van der Waals surface area contributed by atoms with Crippen LogP contribution in [0.4, 0.5) is 5.69 Å². The number of anilines is 1. The number of phenolic OH excluding ortho intramolecular Hbond substituents is 1. The van der Waals surface area contributed by atoms with Gasteiger partial charge in [-0.05, 0) is 38.1 Å². The number of rotatable bonds is 7. The molecule has 0 saturated carbocycles. The molecule has 0 saturated heterocycles. The fourth-order valence-electron chi connectivity index (χ4n) is 3.25. The second-order valence-corrected chi connectivity index (χ2v) is 7.37. The van der Waals surface area contributed by atoms with Gasteiger partial charge in [0.25, 0.3) is 5.01 Å². The van der Waals surface area contributed by atoms with Gasteiger partial charge in [-0.3, -0.25) is 0 Å². The fourth-order valence-corrected chi connectivity index (χ4v) is 4.34. The Morgan fingerprint density at radius 3 is 2.44 bits per heavy atom. The highest BCUT2D eigenvalue weighted by Gasteiger charge is 2.17. The number of para-hydroxylation sites is 1. The maximum absolute atomic E-state index is 10.4. The maximum Gasteiger partial charge on any atom is 0.262 e. The molecule has 0 aliphatic rings. The normalized spacial score (nSPS) is 11.1. The Morgan fingerprint density at radius 1 is 1.04 bits per heavy atom. The summed E-state index contributed by atoms with van der Waals surface area (Å²) in [6.07, 6.45) is 5.22. The molecular formula is C22H27IN2OS. The van der Waals surface area contributed by atoms with Crippen molar-refractivity contribution in [3.05, 3.63) is 53.0 Å². The number of nitrogens with zero attached hydrogens (tertiary/aromatic N) is 2. The molecule has 0 bridgehead atoms. The van der Waals surface area contributed by atoms with Crippen molar-refractivity contribution in [1.29, 1.82) is 0 Å². The molecule has 3 aromatic rings. The molecule has 144 valence electrons. The molecule has 1 heterocycles. The van der Waals surface area contributed by atoms with Crippen LogP contribution in [0.25, 0.3) is 22.4 Å². The zero-order chi connectivity index (χ0) is 18.5. The van der Waals surface area contributed by atoms with Gasteiger partial charge in [0.05, 0.1) is 0 Å². The summed E-state index contributed by atoms with van der Waals surface area (Å²) >= 11 is 1.79. The summed E-state index contributed by atoms with van der Waals surface area (Å²) in [5, 5.41) is 11.6. The van der Waals surface area contributed by atoms with Gasteiger partial charge in [-0.1, -0.05) is 30.4 Å². The van der Waals surface area contributed by atoms with Crippen molar-refractivity contribution in [2.75, 3.05) is 18.0 Å². The van der Waals surface area contributed by atoms with Crippen LogP contribution in [-0.2, 0) is 6.54 Å². The minimum absolute atomic E-state index is 0. The Bertz CT molecular complexity index is 916. The summed E-state index contributed by atoms with van der Waals surface area (Å²) in [6.45, 7) is 9.32. The van der Waals surface area contributed by atoms with E-state index < -0.39 is 0 Å². The van der Waals surface area contributed by atoms with Crippen molar-refractivity contribution < 1.29 is 33.7 Å². The number of thiazole rings is 1. The largest absolute Gasteiger partial charge is 1.00 e. The van der Waals surface area contributed by atoms with Crippen LogP contribution in [0, 0.1) is 0 Å². The predicted molar refractivity (Wildman–Crippen MR) is 113 cm³/mol. The van der Waals surface area contributed by atoms with Crippen LogP contribution in [0.2, 0.25) is 0 Å². The van der Waals surface area contributed by atoms with Gasteiger partial charge < -0.3 is 34.0 Å². The van der Waals surface area contributed by atoms with Gasteiger partial charge in [-0.15, -0.1) is 0 Å². The van der Waals surface area contributed by atoms with Crippen molar-refractivity contribution in [2.24, 2.45) is 0 Å². The predicted octanol–water partition coefficient (Wildman–Crippen LogP) is 2.33. The highest BCUT2D eigenvalue weighted by atomic mass is 127. The number of fused-ring (bicyclic) bond motifs is 1. The topological polar surface area (TPSA) is 27.4 Å². The van der Waals surface area contributed by atoms with Crippen molar-refractivity contribution in [2.45, 2.75) is 33.7 Å². The zero-order valence-corrected chi connectivity index (χ0v) is 19.1. The quantitative estimate of drug-likeness (QED) is 0.404. The van der Waals surface area contributed by atoms with E-state index in [1.807, 2.05) is 18.2 Å². The lowest BCUT2D eigenvalue weighted by atomic mass is 10.1. The molecule has 3 rings (SSSR count). The summed E-state index contributed by atoms with van der Waals surface area (Å²) in [5.74, 6) is 0.328. The van der Waals surface area contributed by atoms with Gasteiger partial charge in [0, 0.05) is 49.0 Å². The minimum atomic E-state index is 0. The fraction of sp³-hybridized carbons (Fsp3) is 0.318. The van der Waals surface area contributed by atoms with Gasteiger partial charge in [-0.2, -0.15) is 4.57 Å². The van der Waals surface area contributed by atoms with E-state index in [0.717, 1.165) is 37.3 Å². The monoisotopic (exact) mass is 494 g/mol. The molecule has 3 nitrogen and oxygen atoms in total. The number of halogens is 1. The van der Waals surface area contributed by atoms with Crippen LogP contribution in [0.1, 0.15) is 37.8 Å². The molecule has 0 unspecified atom stereocenters. The van der Waals surface area contributed by atoms with Crippen LogP contribution >= 0.6 is 11.3 Å². The third-order valence-corrected chi connectivity index (χ3v) is 5.76. The number of aromatic nitrogens is 1. The van der Waals surface area contributed by atoms with Crippen LogP contribution in [0.15, 0.2) is 42.5 Å². The Labute approximate surface area is 183 Å². The molecule has 0 amide bonds. The lowest BCUT2D eigenvalue weighted by molar-refractivity contribution is -0.668. The summed E-state index contributed by atoms with van der Waals surface area (Å²) in [7, 11) is 0. The van der Waals surface area contributed by atoms with Crippen molar-refractivity contribution in [3.8, 4) is 5.75 Å². The molecule has 0 fully saturated rings. The highest BCUT2D eigenvalue weighted by Crippen LogP contribution is 2.27. The molecule has 1 N–H and O–H groups in total. The smallest absolute Gasteiger partial charge is 0.262 e. The number of aromatic hydroxyl groups is 1. The van der Waals surface area contributed by atoms with Gasteiger partial charge in [0.2, 0.25) is 5.52 Å². The van der Waals surface area contributed by atoms with Crippen molar-refractivity contribution in [3.63, 3.8) is 0 Å². The third kappa shape index (κ3) is 4.82. The van der Waals surface area contributed by atoms with Gasteiger partial charge in [-0.25, -0.2) is 0 Å². The lowest BCUT2D eigenvalue weighted by Crippen LogP contribution is -3.00. The van der Waals surface area contributed by atoms with E-state index in [4.69, 9.17) is 0 Å². The molecule has 27 heavy (non-hydrogen) atoms. The first-order chi connectivity index (χ1) is 12.7. The minimum Gasteiger partial charge on any atom is -1.00 e. The Kier molecular flexibility index (Phi) is 8.10. The van der Waals surface area contributed by atoms with Gasteiger partial charge in [0.15, 0.2) is 0 Å². The maximum atomic E-state index is 10.4. The molecular weight excluding hydrogens is 467 g/mol. The number of phenols is 1. The SMILES string of the molecule is CCC[n+]1c(C=Cc2ccc(N(CC)CC)cc2O)sc2ccccc21.[I-]. The van der Waals surface area contributed by atoms with E-state index in [9.17, 15) is 5.11 Å². The number of aryl methyl sites for hydroxylation is 1. The average molecular weight is 494 g/mol. The standard InChI is InChI=1S/C22H26N2OS.HI/c1-4-15-24-19-9-7-8-10-21(19)26-22(24)14-12-17-11-13-18(16-20(17)25)23(5-2)6-3;/h7-14,16H,4-6,15H2,1-3H3;1H. The second-order valence-electron chi connectivity index (χ2n) is 6.31. The van der Waals surface area contributed by atoms with E-state index in [2.05, 4.69) is 66.6 Å².